The first-order valence-corrected chi connectivity index (χ1v) is 9.56. The van der Waals surface area contributed by atoms with Crippen molar-refractivity contribution in [2.45, 2.75) is 0 Å². The lowest BCUT2D eigenvalue weighted by Crippen LogP contribution is -2.29. The zero-order valence-corrected chi connectivity index (χ0v) is 14.6. The normalized spacial score (nSPS) is 22.4. The van der Waals surface area contributed by atoms with Crippen molar-refractivity contribution < 1.29 is 0 Å². The number of rotatable bonds is 3. The number of hydrogen-bond donors (Lipinski definition) is 0. The van der Waals surface area contributed by atoms with Crippen molar-refractivity contribution in [1.82, 2.24) is 15.0 Å². The summed E-state index contributed by atoms with van der Waals surface area (Å²) in [6.45, 7) is 4.41. The van der Waals surface area contributed by atoms with Gasteiger partial charge in [0, 0.05) is 61.5 Å². The fraction of sp³-hybridized carbons (Fsp3) is 0.316. The van der Waals surface area contributed by atoms with E-state index in [1.54, 1.807) is 11.3 Å². The Morgan fingerprint density at radius 1 is 0.880 bits per heavy atom. The van der Waals surface area contributed by atoms with Crippen LogP contribution in [-0.2, 0) is 0 Å². The molecule has 2 atom stereocenters. The molecule has 0 aromatic carbocycles. The molecule has 0 radical (unpaired) electrons. The van der Waals surface area contributed by atoms with Crippen LogP contribution in [0.25, 0.3) is 11.4 Å². The zero-order chi connectivity index (χ0) is 16.6. The summed E-state index contributed by atoms with van der Waals surface area (Å²) in [5.74, 6) is 2.49. The topological polar surface area (TPSA) is 45.2 Å². The van der Waals surface area contributed by atoms with E-state index in [9.17, 15) is 0 Å². The summed E-state index contributed by atoms with van der Waals surface area (Å²) in [6.07, 6.45) is 3.76. The first kappa shape index (κ1) is 14.8. The van der Waals surface area contributed by atoms with Crippen molar-refractivity contribution in [3.8, 4) is 11.4 Å². The average Bonchev–Trinajstić information content (AvgIpc) is 3.38. The van der Waals surface area contributed by atoms with Gasteiger partial charge < -0.3 is 9.80 Å². The molecule has 0 spiro atoms. The van der Waals surface area contributed by atoms with Crippen molar-refractivity contribution in [1.29, 1.82) is 0 Å². The maximum atomic E-state index is 4.85. The Balaban J connectivity index is 1.31. The Kier molecular flexibility index (Phi) is 3.63. The van der Waals surface area contributed by atoms with Crippen molar-refractivity contribution in [2.24, 2.45) is 11.8 Å². The maximum Gasteiger partial charge on any atom is 0.129 e. The molecule has 25 heavy (non-hydrogen) atoms. The second-order valence-corrected chi connectivity index (χ2v) is 7.51. The highest BCUT2D eigenvalue weighted by Gasteiger charge is 2.40. The molecule has 2 aliphatic heterocycles. The molecule has 0 amide bonds. The van der Waals surface area contributed by atoms with Gasteiger partial charge in [0.1, 0.15) is 5.82 Å². The number of anilines is 2. The minimum absolute atomic E-state index is 0.706. The van der Waals surface area contributed by atoms with E-state index >= 15 is 0 Å². The summed E-state index contributed by atoms with van der Waals surface area (Å²) in [5, 5.41) is 2.05. The molecule has 5 rings (SSSR count). The van der Waals surface area contributed by atoms with Gasteiger partial charge in [-0.1, -0.05) is 6.07 Å². The minimum Gasteiger partial charge on any atom is -0.371 e. The summed E-state index contributed by atoms with van der Waals surface area (Å²) >= 11 is 1.61. The fourth-order valence-electron chi connectivity index (χ4n) is 4.03. The average molecular weight is 349 g/mol. The molecular weight excluding hydrogens is 330 g/mol. The second-order valence-electron chi connectivity index (χ2n) is 6.79. The van der Waals surface area contributed by atoms with Gasteiger partial charge in [0.25, 0.3) is 0 Å². The first-order chi connectivity index (χ1) is 12.4. The van der Waals surface area contributed by atoms with Gasteiger partial charge in [-0.2, -0.15) is 0 Å². The van der Waals surface area contributed by atoms with Crippen LogP contribution in [0.4, 0.5) is 11.5 Å². The summed E-state index contributed by atoms with van der Waals surface area (Å²) in [4.78, 5) is 18.3. The lowest BCUT2D eigenvalue weighted by molar-refractivity contribution is 0.533. The first-order valence-electron chi connectivity index (χ1n) is 8.62. The van der Waals surface area contributed by atoms with E-state index in [2.05, 4.69) is 49.4 Å². The van der Waals surface area contributed by atoms with E-state index in [-0.39, 0.29) is 0 Å². The summed E-state index contributed by atoms with van der Waals surface area (Å²) in [7, 11) is 0. The molecule has 2 unspecified atom stereocenters. The van der Waals surface area contributed by atoms with Crippen LogP contribution >= 0.6 is 11.3 Å². The second kappa shape index (κ2) is 6.11. The van der Waals surface area contributed by atoms with Gasteiger partial charge in [-0.05, 0) is 24.3 Å². The maximum absolute atomic E-state index is 4.85. The SMILES string of the molecule is c1cc(-c2cscn2)nc(N2CC3CN(c4ccncc4)CC3C2)c1. The minimum atomic E-state index is 0.706. The van der Waals surface area contributed by atoms with Gasteiger partial charge in [0.15, 0.2) is 0 Å². The van der Waals surface area contributed by atoms with Gasteiger partial charge in [0.05, 0.1) is 16.9 Å². The highest BCUT2D eigenvalue weighted by atomic mass is 32.1. The van der Waals surface area contributed by atoms with Crippen LogP contribution in [0.3, 0.4) is 0 Å². The third-order valence-electron chi connectivity index (χ3n) is 5.27. The Morgan fingerprint density at radius 2 is 1.64 bits per heavy atom. The van der Waals surface area contributed by atoms with Crippen LogP contribution in [0.5, 0.6) is 0 Å². The number of fused-ring (bicyclic) bond motifs is 1. The largest absolute Gasteiger partial charge is 0.371 e. The summed E-state index contributed by atoms with van der Waals surface area (Å²) in [5.41, 5.74) is 5.08. The van der Waals surface area contributed by atoms with Crippen LogP contribution in [-0.4, -0.2) is 41.1 Å². The zero-order valence-electron chi connectivity index (χ0n) is 13.8. The number of hydrogen-bond acceptors (Lipinski definition) is 6. The van der Waals surface area contributed by atoms with Crippen molar-refractivity contribution in [3.63, 3.8) is 0 Å². The van der Waals surface area contributed by atoms with Crippen LogP contribution < -0.4 is 9.80 Å². The highest BCUT2D eigenvalue weighted by molar-refractivity contribution is 7.07. The Morgan fingerprint density at radius 3 is 2.36 bits per heavy atom. The molecule has 0 saturated carbocycles. The Labute approximate surface area is 151 Å². The molecule has 2 fully saturated rings. The molecule has 2 saturated heterocycles. The molecule has 5 heterocycles. The third-order valence-corrected chi connectivity index (χ3v) is 5.85. The monoisotopic (exact) mass is 349 g/mol. The highest BCUT2D eigenvalue weighted by Crippen LogP contribution is 2.35. The van der Waals surface area contributed by atoms with Gasteiger partial charge in [-0.25, -0.2) is 9.97 Å². The van der Waals surface area contributed by atoms with E-state index in [4.69, 9.17) is 4.98 Å². The fourth-order valence-corrected chi connectivity index (χ4v) is 4.57. The van der Waals surface area contributed by atoms with Crippen molar-refractivity contribution >= 4 is 22.8 Å². The quantitative estimate of drug-likeness (QED) is 0.727. The molecule has 0 aliphatic carbocycles. The van der Waals surface area contributed by atoms with E-state index in [1.165, 1.54) is 5.69 Å². The molecule has 6 heteroatoms. The molecule has 0 N–H and O–H groups in total. The molecule has 2 aliphatic rings. The number of thiazole rings is 1. The van der Waals surface area contributed by atoms with Gasteiger partial charge in [-0.3, -0.25) is 4.98 Å². The van der Waals surface area contributed by atoms with Crippen LogP contribution in [0.15, 0.2) is 53.6 Å². The standard InChI is InChI=1S/C19H19N5S/c1-2-17(18-12-25-13-21-18)22-19(3-1)24-10-14-8-23(9-15(14)11-24)16-4-6-20-7-5-16/h1-7,12-15H,8-11H2. The molecule has 3 aromatic rings. The summed E-state index contributed by atoms with van der Waals surface area (Å²) in [6, 6.07) is 10.5. The van der Waals surface area contributed by atoms with Crippen LogP contribution in [0, 0.1) is 11.8 Å². The molecular formula is C19H19N5S. The van der Waals surface area contributed by atoms with E-state index in [0.717, 1.165) is 43.4 Å². The van der Waals surface area contributed by atoms with Gasteiger partial charge >= 0.3 is 0 Å². The van der Waals surface area contributed by atoms with Crippen molar-refractivity contribution in [3.05, 3.63) is 53.6 Å². The van der Waals surface area contributed by atoms with Gasteiger partial charge in [0.2, 0.25) is 0 Å². The lowest BCUT2D eigenvalue weighted by atomic mass is 10.0. The number of pyridine rings is 2. The Bertz CT molecular complexity index is 837. The molecule has 0 bridgehead atoms. The predicted octanol–water partition coefficient (Wildman–Crippen LogP) is 3.17. The van der Waals surface area contributed by atoms with E-state index in [0.29, 0.717) is 11.8 Å². The summed E-state index contributed by atoms with van der Waals surface area (Å²) < 4.78 is 0. The molecule has 126 valence electrons. The van der Waals surface area contributed by atoms with Gasteiger partial charge in [-0.15, -0.1) is 11.3 Å². The molecule has 3 aromatic heterocycles. The lowest BCUT2D eigenvalue weighted by Gasteiger charge is -2.23. The third kappa shape index (κ3) is 2.76. The smallest absolute Gasteiger partial charge is 0.129 e. The molecule has 5 nitrogen and oxygen atoms in total. The van der Waals surface area contributed by atoms with E-state index in [1.807, 2.05) is 24.0 Å². The van der Waals surface area contributed by atoms with E-state index < -0.39 is 0 Å². The number of nitrogens with zero attached hydrogens (tertiary/aromatic N) is 5. The van der Waals surface area contributed by atoms with Crippen molar-refractivity contribution in [2.75, 3.05) is 36.0 Å². The Hall–Kier alpha value is -2.47. The predicted molar refractivity (Wildman–Crippen MR) is 101 cm³/mol. The number of aromatic nitrogens is 3. The van der Waals surface area contributed by atoms with Crippen LogP contribution in [0.2, 0.25) is 0 Å². The van der Waals surface area contributed by atoms with Crippen LogP contribution in [0.1, 0.15) is 0 Å².